The van der Waals surface area contributed by atoms with Gasteiger partial charge in [0.2, 0.25) is 0 Å². The molecule has 0 saturated heterocycles. The molecule has 0 amide bonds. The first-order chi connectivity index (χ1) is 9.69. The van der Waals surface area contributed by atoms with E-state index in [0.29, 0.717) is 0 Å². The van der Waals surface area contributed by atoms with Crippen LogP contribution in [-0.4, -0.2) is 21.3 Å². The summed E-state index contributed by atoms with van der Waals surface area (Å²) in [5, 5.41) is 11.5. The number of hydrogen-bond acceptors (Lipinski definition) is 3. The third-order valence-corrected chi connectivity index (χ3v) is 3.80. The zero-order chi connectivity index (χ0) is 14.1. The predicted octanol–water partition coefficient (Wildman–Crippen LogP) is 2.78. The minimum atomic E-state index is -0.432. The van der Waals surface area contributed by atoms with Gasteiger partial charge in [-0.15, -0.1) is 0 Å². The smallest absolute Gasteiger partial charge is 0.0994 e. The van der Waals surface area contributed by atoms with Crippen molar-refractivity contribution < 1.29 is 5.11 Å². The number of rotatable bonds is 3. The molecular formula is C15H14BrN3O. The van der Waals surface area contributed by atoms with E-state index in [1.807, 2.05) is 16.7 Å². The van der Waals surface area contributed by atoms with Crippen LogP contribution in [0.15, 0.2) is 53.4 Å². The minimum Gasteiger partial charge on any atom is -0.394 e. The van der Waals surface area contributed by atoms with Crippen LogP contribution in [0.5, 0.6) is 0 Å². The summed E-state index contributed by atoms with van der Waals surface area (Å²) in [5.41, 5.74) is 7.67. The zero-order valence-electron chi connectivity index (χ0n) is 10.7. The molecule has 20 heavy (non-hydrogen) atoms. The van der Waals surface area contributed by atoms with E-state index in [-0.39, 0.29) is 6.61 Å². The van der Waals surface area contributed by atoms with Crippen LogP contribution in [0.3, 0.4) is 0 Å². The van der Waals surface area contributed by atoms with Gasteiger partial charge in [-0.05, 0) is 35.0 Å². The summed E-state index contributed by atoms with van der Waals surface area (Å²) in [4.78, 5) is 4.13. The van der Waals surface area contributed by atoms with Crippen LogP contribution in [0.25, 0.3) is 16.5 Å². The molecule has 102 valence electrons. The van der Waals surface area contributed by atoms with Gasteiger partial charge in [0.15, 0.2) is 0 Å². The average molecular weight is 332 g/mol. The van der Waals surface area contributed by atoms with Gasteiger partial charge >= 0.3 is 0 Å². The van der Waals surface area contributed by atoms with Gasteiger partial charge in [-0.1, -0.05) is 28.1 Å². The molecule has 1 heterocycles. The number of aromatic nitrogens is 2. The number of imidazole rings is 1. The maximum absolute atomic E-state index is 9.21. The van der Waals surface area contributed by atoms with Crippen molar-refractivity contribution in [3.8, 4) is 5.69 Å². The van der Waals surface area contributed by atoms with Crippen molar-refractivity contribution in [1.29, 1.82) is 0 Å². The number of halogens is 1. The number of aliphatic hydroxyl groups is 1. The SMILES string of the molecule is NC(CO)c1cncn1-c1ccc2cc(Br)ccc2c1. The fraction of sp³-hybridized carbons (Fsp3) is 0.133. The highest BCUT2D eigenvalue weighted by molar-refractivity contribution is 9.10. The van der Waals surface area contributed by atoms with E-state index in [4.69, 9.17) is 5.73 Å². The van der Waals surface area contributed by atoms with Gasteiger partial charge in [-0.3, -0.25) is 0 Å². The number of nitrogens with zero attached hydrogens (tertiary/aromatic N) is 2. The molecule has 0 saturated carbocycles. The van der Waals surface area contributed by atoms with Crippen LogP contribution in [0.4, 0.5) is 0 Å². The van der Waals surface area contributed by atoms with Crippen molar-refractivity contribution in [3.05, 3.63) is 59.1 Å². The molecular weight excluding hydrogens is 318 g/mol. The summed E-state index contributed by atoms with van der Waals surface area (Å²) in [6.07, 6.45) is 3.40. The largest absolute Gasteiger partial charge is 0.394 e. The highest BCUT2D eigenvalue weighted by atomic mass is 79.9. The Bertz CT molecular complexity index is 754. The molecule has 0 aliphatic rings. The molecule has 0 aliphatic carbocycles. The second kappa shape index (κ2) is 5.36. The molecule has 4 nitrogen and oxygen atoms in total. The Balaban J connectivity index is 2.11. The lowest BCUT2D eigenvalue weighted by molar-refractivity contribution is 0.265. The van der Waals surface area contributed by atoms with Crippen LogP contribution in [0, 0.1) is 0 Å². The molecule has 5 heteroatoms. The highest BCUT2D eigenvalue weighted by Gasteiger charge is 2.11. The molecule has 0 radical (unpaired) electrons. The molecule has 3 aromatic rings. The van der Waals surface area contributed by atoms with Crippen molar-refractivity contribution in [3.63, 3.8) is 0 Å². The number of nitrogens with two attached hydrogens (primary N) is 1. The molecule has 0 fully saturated rings. The molecule has 3 rings (SSSR count). The highest BCUT2D eigenvalue weighted by Crippen LogP contribution is 2.24. The van der Waals surface area contributed by atoms with Gasteiger partial charge in [-0.2, -0.15) is 0 Å². The van der Waals surface area contributed by atoms with Crippen LogP contribution in [-0.2, 0) is 0 Å². The number of fused-ring (bicyclic) bond motifs is 1. The van der Waals surface area contributed by atoms with Crippen molar-refractivity contribution in [2.75, 3.05) is 6.61 Å². The first-order valence-electron chi connectivity index (χ1n) is 6.27. The van der Waals surface area contributed by atoms with E-state index in [9.17, 15) is 5.11 Å². The molecule has 0 aliphatic heterocycles. The predicted molar refractivity (Wildman–Crippen MR) is 82.8 cm³/mol. The molecule has 1 atom stereocenters. The normalized spacial score (nSPS) is 12.8. The lowest BCUT2D eigenvalue weighted by atomic mass is 10.1. The fourth-order valence-electron chi connectivity index (χ4n) is 2.24. The van der Waals surface area contributed by atoms with E-state index in [1.54, 1.807) is 12.5 Å². The lowest BCUT2D eigenvalue weighted by Crippen LogP contribution is -2.18. The quantitative estimate of drug-likeness (QED) is 0.775. The first-order valence-corrected chi connectivity index (χ1v) is 7.07. The summed E-state index contributed by atoms with van der Waals surface area (Å²) in [6.45, 7) is -0.105. The summed E-state index contributed by atoms with van der Waals surface area (Å²) in [7, 11) is 0. The van der Waals surface area contributed by atoms with Gasteiger partial charge in [0.25, 0.3) is 0 Å². The number of benzene rings is 2. The Morgan fingerprint density at radius 1 is 1.20 bits per heavy atom. The summed E-state index contributed by atoms with van der Waals surface area (Å²) in [6, 6.07) is 11.9. The Hall–Kier alpha value is -1.69. The Kier molecular flexibility index (Phi) is 3.56. The summed E-state index contributed by atoms with van der Waals surface area (Å²) >= 11 is 3.47. The lowest BCUT2D eigenvalue weighted by Gasteiger charge is -2.13. The van der Waals surface area contributed by atoms with Crippen LogP contribution < -0.4 is 5.73 Å². The third kappa shape index (κ3) is 2.35. The van der Waals surface area contributed by atoms with Crippen molar-refractivity contribution >= 4 is 26.7 Å². The fourth-order valence-corrected chi connectivity index (χ4v) is 2.62. The van der Waals surface area contributed by atoms with Gasteiger partial charge in [0, 0.05) is 10.2 Å². The molecule has 1 unspecified atom stereocenters. The van der Waals surface area contributed by atoms with Gasteiger partial charge < -0.3 is 15.4 Å². The zero-order valence-corrected chi connectivity index (χ0v) is 12.3. The van der Waals surface area contributed by atoms with E-state index in [1.165, 1.54) is 0 Å². The second-order valence-electron chi connectivity index (χ2n) is 4.65. The maximum Gasteiger partial charge on any atom is 0.0994 e. The van der Waals surface area contributed by atoms with Crippen LogP contribution in [0.2, 0.25) is 0 Å². The first kappa shape index (κ1) is 13.3. The molecule has 1 aromatic heterocycles. The Morgan fingerprint density at radius 2 is 1.95 bits per heavy atom. The van der Waals surface area contributed by atoms with Crippen LogP contribution in [0.1, 0.15) is 11.7 Å². The average Bonchev–Trinajstić information content (AvgIpc) is 2.95. The van der Waals surface area contributed by atoms with Gasteiger partial charge in [0.1, 0.15) is 0 Å². The Labute approximate surface area is 125 Å². The molecule has 0 spiro atoms. The third-order valence-electron chi connectivity index (χ3n) is 3.31. The summed E-state index contributed by atoms with van der Waals surface area (Å²) < 4.78 is 2.96. The van der Waals surface area contributed by atoms with E-state index < -0.39 is 6.04 Å². The van der Waals surface area contributed by atoms with E-state index >= 15 is 0 Å². The molecule has 0 bridgehead atoms. The van der Waals surface area contributed by atoms with Crippen molar-refractivity contribution in [2.45, 2.75) is 6.04 Å². The maximum atomic E-state index is 9.21. The van der Waals surface area contributed by atoms with E-state index in [2.05, 4.69) is 45.2 Å². The van der Waals surface area contributed by atoms with Gasteiger partial charge in [-0.25, -0.2) is 4.98 Å². The molecule has 3 N–H and O–H groups in total. The molecule has 2 aromatic carbocycles. The van der Waals surface area contributed by atoms with Crippen LogP contribution >= 0.6 is 15.9 Å². The standard InChI is InChI=1S/C15H14BrN3O/c16-12-3-1-11-6-13(4-2-10(11)5-12)19-9-18-7-15(19)14(17)8-20/h1-7,9,14,20H,8,17H2. The topological polar surface area (TPSA) is 64.1 Å². The van der Waals surface area contributed by atoms with Gasteiger partial charge in [0.05, 0.1) is 30.9 Å². The second-order valence-corrected chi connectivity index (χ2v) is 5.57. The van der Waals surface area contributed by atoms with E-state index in [0.717, 1.165) is 26.6 Å². The Morgan fingerprint density at radius 3 is 2.75 bits per heavy atom. The number of aliphatic hydroxyl groups excluding tert-OH is 1. The van der Waals surface area contributed by atoms with Crippen molar-refractivity contribution in [1.82, 2.24) is 9.55 Å². The van der Waals surface area contributed by atoms with Crippen molar-refractivity contribution in [2.24, 2.45) is 5.73 Å². The monoisotopic (exact) mass is 331 g/mol. The minimum absolute atomic E-state index is 0.105. The number of hydrogen-bond donors (Lipinski definition) is 2. The summed E-state index contributed by atoms with van der Waals surface area (Å²) in [5.74, 6) is 0.